The highest BCUT2D eigenvalue weighted by atomic mass is 32.1. The summed E-state index contributed by atoms with van der Waals surface area (Å²) in [6, 6.07) is 10.9. The third-order valence-corrected chi connectivity index (χ3v) is 4.82. The standard InChI is InChI=1S/C16H19NOS/c1-11-8-14-15(9-17(2)10-16(14)19-11)12-4-6-13(18-3)7-5-12/h4-8,15H,9-10H2,1-3H3. The van der Waals surface area contributed by atoms with Crippen molar-refractivity contribution in [3.63, 3.8) is 0 Å². The van der Waals surface area contributed by atoms with Crippen LogP contribution in [0.1, 0.15) is 26.8 Å². The molecule has 1 aromatic carbocycles. The number of hydrogen-bond acceptors (Lipinski definition) is 3. The van der Waals surface area contributed by atoms with Crippen molar-refractivity contribution in [1.82, 2.24) is 4.90 Å². The lowest BCUT2D eigenvalue weighted by Gasteiger charge is -2.30. The van der Waals surface area contributed by atoms with Crippen molar-refractivity contribution in [3.05, 3.63) is 51.2 Å². The van der Waals surface area contributed by atoms with E-state index in [4.69, 9.17) is 4.74 Å². The molecular weight excluding hydrogens is 254 g/mol. The molecule has 0 saturated heterocycles. The van der Waals surface area contributed by atoms with Gasteiger partial charge in [0.15, 0.2) is 0 Å². The Morgan fingerprint density at radius 3 is 2.68 bits per heavy atom. The van der Waals surface area contributed by atoms with Crippen LogP contribution in [0.3, 0.4) is 0 Å². The van der Waals surface area contributed by atoms with Crippen molar-refractivity contribution in [3.8, 4) is 5.75 Å². The second-order valence-corrected chi connectivity index (χ2v) is 6.60. The molecule has 1 aromatic heterocycles. The van der Waals surface area contributed by atoms with Crippen LogP contribution in [0.2, 0.25) is 0 Å². The molecular formula is C16H19NOS. The van der Waals surface area contributed by atoms with Crippen LogP contribution in [0.5, 0.6) is 5.75 Å². The maximum Gasteiger partial charge on any atom is 0.118 e. The average molecular weight is 273 g/mol. The Labute approximate surface area is 118 Å². The summed E-state index contributed by atoms with van der Waals surface area (Å²) in [5, 5.41) is 0. The molecule has 0 radical (unpaired) electrons. The zero-order chi connectivity index (χ0) is 13.4. The third kappa shape index (κ3) is 2.40. The molecule has 0 N–H and O–H groups in total. The summed E-state index contributed by atoms with van der Waals surface area (Å²) >= 11 is 1.93. The minimum atomic E-state index is 0.490. The van der Waals surface area contributed by atoms with E-state index in [1.54, 1.807) is 7.11 Å². The molecule has 3 rings (SSSR count). The summed E-state index contributed by atoms with van der Waals surface area (Å²) in [6.07, 6.45) is 0. The number of methoxy groups -OCH3 is 1. The maximum atomic E-state index is 5.24. The highest BCUT2D eigenvalue weighted by Crippen LogP contribution is 2.37. The Morgan fingerprint density at radius 2 is 2.00 bits per heavy atom. The van der Waals surface area contributed by atoms with Crippen LogP contribution < -0.4 is 4.74 Å². The van der Waals surface area contributed by atoms with Crippen LogP contribution in [-0.4, -0.2) is 25.6 Å². The summed E-state index contributed by atoms with van der Waals surface area (Å²) in [5.41, 5.74) is 2.90. The fourth-order valence-corrected chi connectivity index (χ4v) is 4.02. The number of rotatable bonds is 2. The van der Waals surface area contributed by atoms with E-state index in [9.17, 15) is 0 Å². The van der Waals surface area contributed by atoms with Gasteiger partial charge in [-0.2, -0.15) is 0 Å². The van der Waals surface area contributed by atoms with Gasteiger partial charge in [0, 0.05) is 28.8 Å². The van der Waals surface area contributed by atoms with E-state index in [0.717, 1.165) is 18.8 Å². The van der Waals surface area contributed by atoms with Crippen molar-refractivity contribution in [1.29, 1.82) is 0 Å². The van der Waals surface area contributed by atoms with Gasteiger partial charge in [0.25, 0.3) is 0 Å². The van der Waals surface area contributed by atoms with Gasteiger partial charge in [-0.1, -0.05) is 12.1 Å². The van der Waals surface area contributed by atoms with Crippen molar-refractivity contribution >= 4 is 11.3 Å². The zero-order valence-corrected chi connectivity index (χ0v) is 12.5. The highest BCUT2D eigenvalue weighted by molar-refractivity contribution is 7.12. The van der Waals surface area contributed by atoms with E-state index >= 15 is 0 Å². The van der Waals surface area contributed by atoms with E-state index < -0.39 is 0 Å². The van der Waals surface area contributed by atoms with E-state index in [0.29, 0.717) is 5.92 Å². The summed E-state index contributed by atoms with van der Waals surface area (Å²) < 4.78 is 5.24. The molecule has 0 saturated carbocycles. The third-order valence-electron chi connectivity index (χ3n) is 3.77. The molecule has 1 aliphatic rings. The van der Waals surface area contributed by atoms with Crippen LogP contribution in [0.15, 0.2) is 30.3 Å². The van der Waals surface area contributed by atoms with Crippen LogP contribution in [-0.2, 0) is 6.54 Å². The molecule has 0 bridgehead atoms. The van der Waals surface area contributed by atoms with E-state index in [2.05, 4.69) is 49.2 Å². The Balaban J connectivity index is 1.99. The number of likely N-dealkylation sites (N-methyl/N-ethyl adjacent to an activating group) is 1. The molecule has 3 heteroatoms. The Morgan fingerprint density at radius 1 is 1.26 bits per heavy atom. The normalized spacial score (nSPS) is 19.2. The quantitative estimate of drug-likeness (QED) is 0.828. The molecule has 0 fully saturated rings. The van der Waals surface area contributed by atoms with Crippen molar-refractivity contribution in [2.45, 2.75) is 19.4 Å². The molecule has 2 aromatic rings. The van der Waals surface area contributed by atoms with Gasteiger partial charge in [-0.25, -0.2) is 0 Å². The van der Waals surface area contributed by atoms with Gasteiger partial charge < -0.3 is 9.64 Å². The Bertz CT molecular complexity index is 573. The Kier molecular flexibility index (Phi) is 3.33. The number of hydrogen-bond donors (Lipinski definition) is 0. The van der Waals surface area contributed by atoms with Gasteiger partial charge in [0.1, 0.15) is 5.75 Å². The molecule has 2 nitrogen and oxygen atoms in total. The van der Waals surface area contributed by atoms with Gasteiger partial charge in [0.2, 0.25) is 0 Å². The molecule has 1 aliphatic heterocycles. The predicted molar refractivity (Wildman–Crippen MR) is 80.2 cm³/mol. The summed E-state index contributed by atoms with van der Waals surface area (Å²) in [6.45, 7) is 4.38. The largest absolute Gasteiger partial charge is 0.497 e. The van der Waals surface area contributed by atoms with Crippen LogP contribution in [0.25, 0.3) is 0 Å². The molecule has 1 atom stereocenters. The van der Waals surface area contributed by atoms with Crippen LogP contribution in [0, 0.1) is 6.92 Å². The Hall–Kier alpha value is -1.32. The molecule has 2 heterocycles. The lowest BCUT2D eigenvalue weighted by Crippen LogP contribution is -2.29. The fourth-order valence-electron chi connectivity index (χ4n) is 2.84. The average Bonchev–Trinajstić information content (AvgIpc) is 2.78. The van der Waals surface area contributed by atoms with E-state index in [-0.39, 0.29) is 0 Å². The number of nitrogens with zero attached hydrogens (tertiary/aromatic N) is 1. The smallest absolute Gasteiger partial charge is 0.118 e. The first-order valence-corrected chi connectivity index (χ1v) is 7.40. The SMILES string of the molecule is COc1ccc(C2CN(C)Cc3sc(C)cc32)cc1. The monoisotopic (exact) mass is 273 g/mol. The minimum absolute atomic E-state index is 0.490. The number of thiophene rings is 1. The molecule has 0 aliphatic carbocycles. The second kappa shape index (κ2) is 4.99. The second-order valence-electron chi connectivity index (χ2n) is 5.26. The molecule has 1 unspecified atom stereocenters. The lowest BCUT2D eigenvalue weighted by atomic mass is 9.88. The maximum absolute atomic E-state index is 5.24. The van der Waals surface area contributed by atoms with E-state index in [1.807, 2.05) is 11.3 Å². The van der Waals surface area contributed by atoms with Gasteiger partial charge >= 0.3 is 0 Å². The van der Waals surface area contributed by atoms with Crippen molar-refractivity contribution < 1.29 is 4.74 Å². The first kappa shape index (κ1) is 12.7. The van der Waals surface area contributed by atoms with Crippen LogP contribution >= 0.6 is 11.3 Å². The molecule has 0 spiro atoms. The minimum Gasteiger partial charge on any atom is -0.497 e. The zero-order valence-electron chi connectivity index (χ0n) is 11.6. The number of ether oxygens (including phenoxy) is 1. The number of fused-ring (bicyclic) bond motifs is 1. The summed E-state index contributed by atoms with van der Waals surface area (Å²) in [4.78, 5) is 5.35. The first-order valence-electron chi connectivity index (χ1n) is 6.59. The van der Waals surface area contributed by atoms with Gasteiger partial charge in [-0.15, -0.1) is 11.3 Å². The van der Waals surface area contributed by atoms with Crippen molar-refractivity contribution in [2.75, 3.05) is 20.7 Å². The van der Waals surface area contributed by atoms with Crippen LogP contribution in [0.4, 0.5) is 0 Å². The van der Waals surface area contributed by atoms with E-state index in [1.165, 1.54) is 20.9 Å². The summed E-state index contributed by atoms with van der Waals surface area (Å²) in [5.74, 6) is 1.42. The summed E-state index contributed by atoms with van der Waals surface area (Å²) in [7, 11) is 3.91. The number of benzene rings is 1. The predicted octanol–water partition coefficient (Wildman–Crippen LogP) is 3.64. The topological polar surface area (TPSA) is 12.5 Å². The number of aryl methyl sites for hydroxylation is 1. The highest BCUT2D eigenvalue weighted by Gasteiger charge is 2.26. The van der Waals surface area contributed by atoms with Gasteiger partial charge in [-0.05, 0) is 43.3 Å². The van der Waals surface area contributed by atoms with Gasteiger partial charge in [-0.3, -0.25) is 0 Å². The molecule has 100 valence electrons. The first-order chi connectivity index (χ1) is 9.17. The molecule has 0 amide bonds. The fraction of sp³-hybridized carbons (Fsp3) is 0.375. The lowest BCUT2D eigenvalue weighted by molar-refractivity contribution is 0.299. The molecule has 19 heavy (non-hydrogen) atoms. The van der Waals surface area contributed by atoms with Gasteiger partial charge in [0.05, 0.1) is 7.11 Å². The van der Waals surface area contributed by atoms with Crippen molar-refractivity contribution in [2.24, 2.45) is 0 Å².